The van der Waals surface area contributed by atoms with E-state index < -0.39 is 0 Å². The highest BCUT2D eigenvalue weighted by Gasteiger charge is 1.95. The molecule has 0 atom stereocenters. The standard InChI is InChI=1S/C13H16/c1-4-7-12(5-2)13-9-6-8-11(3)10-13/h4-10H,1-3H3. The van der Waals surface area contributed by atoms with Crippen molar-refractivity contribution in [3.63, 3.8) is 0 Å². The van der Waals surface area contributed by atoms with Gasteiger partial charge in [-0.05, 0) is 31.9 Å². The lowest BCUT2D eigenvalue weighted by Gasteiger charge is -2.02. The average molecular weight is 172 g/mol. The molecule has 0 amide bonds. The molecule has 0 nitrogen and oxygen atoms in total. The maximum absolute atomic E-state index is 2.20. The molecule has 0 aliphatic rings. The fourth-order valence-corrected chi connectivity index (χ4v) is 1.36. The molecular formula is C13H16. The number of hydrogen-bond acceptors (Lipinski definition) is 0. The zero-order chi connectivity index (χ0) is 9.68. The molecule has 0 saturated heterocycles. The summed E-state index contributed by atoms with van der Waals surface area (Å²) in [6.45, 7) is 6.23. The van der Waals surface area contributed by atoms with Crippen LogP contribution in [0.15, 0.2) is 42.5 Å². The molecule has 1 aromatic rings. The third kappa shape index (κ3) is 2.59. The summed E-state index contributed by atoms with van der Waals surface area (Å²) in [4.78, 5) is 0. The molecule has 0 fully saturated rings. The Labute approximate surface area is 80.6 Å². The van der Waals surface area contributed by atoms with Crippen LogP contribution in [0.4, 0.5) is 0 Å². The summed E-state index contributed by atoms with van der Waals surface area (Å²) < 4.78 is 0. The molecule has 0 unspecified atom stereocenters. The molecular weight excluding hydrogens is 156 g/mol. The molecule has 0 aromatic heterocycles. The van der Waals surface area contributed by atoms with E-state index in [4.69, 9.17) is 0 Å². The second-order valence-corrected chi connectivity index (χ2v) is 3.11. The predicted octanol–water partition coefficient (Wildman–Crippen LogP) is 3.97. The van der Waals surface area contributed by atoms with Crippen molar-refractivity contribution in [2.45, 2.75) is 20.8 Å². The summed E-state index contributed by atoms with van der Waals surface area (Å²) in [6.07, 6.45) is 6.33. The van der Waals surface area contributed by atoms with Crippen LogP contribution < -0.4 is 0 Å². The van der Waals surface area contributed by atoms with Crippen LogP contribution in [-0.2, 0) is 0 Å². The molecule has 0 N–H and O–H groups in total. The number of rotatable bonds is 2. The van der Waals surface area contributed by atoms with Crippen molar-refractivity contribution in [1.82, 2.24) is 0 Å². The van der Waals surface area contributed by atoms with Crippen LogP contribution in [0.3, 0.4) is 0 Å². The average Bonchev–Trinajstić information content (AvgIpc) is 2.14. The van der Waals surface area contributed by atoms with E-state index >= 15 is 0 Å². The van der Waals surface area contributed by atoms with Gasteiger partial charge >= 0.3 is 0 Å². The molecule has 0 aliphatic heterocycles. The number of benzene rings is 1. The van der Waals surface area contributed by atoms with Crippen LogP contribution in [0.2, 0.25) is 0 Å². The minimum atomic E-state index is 1.28. The molecule has 0 spiro atoms. The maximum atomic E-state index is 2.20. The van der Waals surface area contributed by atoms with Crippen LogP contribution >= 0.6 is 0 Å². The Hall–Kier alpha value is -1.30. The van der Waals surface area contributed by atoms with E-state index in [0.717, 1.165) is 0 Å². The first-order valence-corrected chi connectivity index (χ1v) is 4.64. The van der Waals surface area contributed by atoms with Gasteiger partial charge in [0.2, 0.25) is 0 Å². The Morgan fingerprint density at radius 3 is 2.54 bits per heavy atom. The van der Waals surface area contributed by atoms with Crippen molar-refractivity contribution in [2.24, 2.45) is 0 Å². The molecule has 68 valence electrons. The quantitative estimate of drug-likeness (QED) is 0.592. The second kappa shape index (κ2) is 4.66. The van der Waals surface area contributed by atoms with Gasteiger partial charge in [0, 0.05) is 0 Å². The molecule has 0 heteroatoms. The zero-order valence-electron chi connectivity index (χ0n) is 8.54. The lowest BCUT2D eigenvalue weighted by molar-refractivity contribution is 1.44. The number of aryl methyl sites for hydroxylation is 1. The lowest BCUT2D eigenvalue weighted by atomic mass is 10.0. The van der Waals surface area contributed by atoms with Crippen LogP contribution in [0, 0.1) is 6.92 Å². The van der Waals surface area contributed by atoms with Crippen LogP contribution in [0.25, 0.3) is 5.57 Å². The normalized spacial score (nSPS) is 12.4. The molecule has 0 heterocycles. The molecule has 0 radical (unpaired) electrons. The van der Waals surface area contributed by atoms with Crippen LogP contribution in [0.1, 0.15) is 25.0 Å². The fraction of sp³-hybridized carbons (Fsp3) is 0.231. The van der Waals surface area contributed by atoms with Crippen molar-refractivity contribution in [1.29, 1.82) is 0 Å². The van der Waals surface area contributed by atoms with E-state index in [1.165, 1.54) is 16.7 Å². The van der Waals surface area contributed by atoms with E-state index in [0.29, 0.717) is 0 Å². The van der Waals surface area contributed by atoms with E-state index in [1.54, 1.807) is 0 Å². The minimum absolute atomic E-state index is 1.28. The van der Waals surface area contributed by atoms with Gasteiger partial charge in [0.05, 0.1) is 0 Å². The smallest absolute Gasteiger partial charge is 0.0185 e. The Morgan fingerprint density at radius 1 is 1.23 bits per heavy atom. The summed E-state index contributed by atoms with van der Waals surface area (Å²) in [7, 11) is 0. The van der Waals surface area contributed by atoms with Crippen LogP contribution in [0.5, 0.6) is 0 Å². The largest absolute Gasteiger partial charge is 0.0871 e. The Morgan fingerprint density at radius 2 is 2.00 bits per heavy atom. The van der Waals surface area contributed by atoms with E-state index in [-0.39, 0.29) is 0 Å². The van der Waals surface area contributed by atoms with E-state index in [9.17, 15) is 0 Å². The Balaban J connectivity index is 3.06. The second-order valence-electron chi connectivity index (χ2n) is 3.11. The van der Waals surface area contributed by atoms with Gasteiger partial charge in [-0.1, -0.05) is 48.1 Å². The molecule has 1 rings (SSSR count). The van der Waals surface area contributed by atoms with Crippen LogP contribution in [-0.4, -0.2) is 0 Å². The van der Waals surface area contributed by atoms with Crippen molar-refractivity contribution in [3.8, 4) is 0 Å². The topological polar surface area (TPSA) is 0 Å². The highest BCUT2D eigenvalue weighted by atomic mass is 14.0. The third-order valence-corrected chi connectivity index (χ3v) is 2.01. The molecule has 0 saturated carbocycles. The molecule has 0 aliphatic carbocycles. The van der Waals surface area contributed by atoms with E-state index in [1.807, 2.05) is 6.92 Å². The summed E-state index contributed by atoms with van der Waals surface area (Å²) >= 11 is 0. The summed E-state index contributed by atoms with van der Waals surface area (Å²) in [5.74, 6) is 0. The van der Waals surface area contributed by atoms with Gasteiger partial charge in [-0.3, -0.25) is 0 Å². The Kier molecular flexibility index (Phi) is 3.51. The lowest BCUT2D eigenvalue weighted by Crippen LogP contribution is -1.81. The fourth-order valence-electron chi connectivity index (χ4n) is 1.36. The maximum Gasteiger partial charge on any atom is -0.0185 e. The first-order valence-electron chi connectivity index (χ1n) is 4.64. The van der Waals surface area contributed by atoms with Gasteiger partial charge in [-0.15, -0.1) is 0 Å². The van der Waals surface area contributed by atoms with Crippen molar-refractivity contribution < 1.29 is 0 Å². The van der Waals surface area contributed by atoms with Gasteiger partial charge in [0.1, 0.15) is 0 Å². The van der Waals surface area contributed by atoms with Crippen molar-refractivity contribution >= 4 is 5.57 Å². The zero-order valence-corrected chi connectivity index (χ0v) is 8.54. The van der Waals surface area contributed by atoms with Crippen molar-refractivity contribution in [2.75, 3.05) is 0 Å². The molecule has 1 aromatic carbocycles. The Bertz CT molecular complexity index is 330. The SMILES string of the molecule is CC=CC(=CC)c1cccc(C)c1. The highest BCUT2D eigenvalue weighted by molar-refractivity contribution is 5.73. The minimum Gasteiger partial charge on any atom is -0.0871 e. The number of hydrogen-bond donors (Lipinski definition) is 0. The first-order chi connectivity index (χ1) is 6.27. The molecule has 13 heavy (non-hydrogen) atoms. The van der Waals surface area contributed by atoms with Gasteiger partial charge in [0.25, 0.3) is 0 Å². The van der Waals surface area contributed by atoms with Gasteiger partial charge < -0.3 is 0 Å². The van der Waals surface area contributed by atoms with Crippen molar-refractivity contribution in [3.05, 3.63) is 53.6 Å². The first kappa shape index (κ1) is 9.79. The van der Waals surface area contributed by atoms with E-state index in [2.05, 4.69) is 56.3 Å². The summed E-state index contributed by atoms with van der Waals surface area (Å²) in [6, 6.07) is 8.56. The third-order valence-electron chi connectivity index (χ3n) is 2.01. The van der Waals surface area contributed by atoms with Gasteiger partial charge in [-0.2, -0.15) is 0 Å². The summed E-state index contributed by atoms with van der Waals surface area (Å²) in [5.41, 5.74) is 3.88. The number of allylic oxidation sites excluding steroid dienone is 4. The summed E-state index contributed by atoms with van der Waals surface area (Å²) in [5, 5.41) is 0. The van der Waals surface area contributed by atoms with Gasteiger partial charge in [0.15, 0.2) is 0 Å². The van der Waals surface area contributed by atoms with Gasteiger partial charge in [-0.25, -0.2) is 0 Å². The predicted molar refractivity (Wildman–Crippen MR) is 59.6 cm³/mol. The molecule has 0 bridgehead atoms. The highest BCUT2D eigenvalue weighted by Crippen LogP contribution is 2.16. The monoisotopic (exact) mass is 172 g/mol.